The van der Waals surface area contributed by atoms with Gasteiger partial charge in [0.05, 0.1) is 6.04 Å². The minimum absolute atomic E-state index is 0.00342. The van der Waals surface area contributed by atoms with E-state index in [9.17, 15) is 4.79 Å². The fourth-order valence-corrected chi connectivity index (χ4v) is 3.95. The lowest BCUT2D eigenvalue weighted by molar-refractivity contribution is 0.177. The summed E-state index contributed by atoms with van der Waals surface area (Å²) in [5.41, 5.74) is 4.53. The molecule has 2 aliphatic rings. The Balaban J connectivity index is 1.47. The van der Waals surface area contributed by atoms with Crippen molar-refractivity contribution in [2.24, 2.45) is 0 Å². The Bertz CT molecular complexity index is 821. The van der Waals surface area contributed by atoms with E-state index in [-0.39, 0.29) is 6.03 Å². The summed E-state index contributed by atoms with van der Waals surface area (Å²) < 4.78 is 2.40. The molecule has 1 aromatic carbocycles. The van der Waals surface area contributed by atoms with Crippen LogP contribution in [0.2, 0.25) is 0 Å². The molecule has 1 saturated heterocycles. The second-order valence-electron chi connectivity index (χ2n) is 7.87. The molecule has 2 fully saturated rings. The maximum absolute atomic E-state index is 12.8. The summed E-state index contributed by atoms with van der Waals surface area (Å²) in [6, 6.07) is 6.42. The summed E-state index contributed by atoms with van der Waals surface area (Å²) in [5.74, 6) is 1.85. The summed E-state index contributed by atoms with van der Waals surface area (Å²) in [7, 11) is 0. The number of piperidine rings is 1. The maximum atomic E-state index is 12.8. The molecule has 1 aromatic heterocycles. The lowest BCUT2D eigenvalue weighted by Crippen LogP contribution is -2.43. The quantitative estimate of drug-likeness (QED) is 0.881. The highest BCUT2D eigenvalue weighted by atomic mass is 16.2. The topological polar surface area (TPSA) is 50.2 Å². The van der Waals surface area contributed by atoms with Crippen LogP contribution < -0.4 is 5.32 Å². The summed E-state index contributed by atoms with van der Waals surface area (Å²) >= 11 is 0. The SMILES string of the molecule is Cc1ccc(NC(=O)N2CCCC(n3c(C)cnc3C3CC3)C2)cc1C. The standard InChI is InChI=1S/C21H28N4O/c1-14-6-9-18(11-15(14)2)23-21(26)24-10-4-5-19(13-24)25-16(3)12-22-20(25)17-7-8-17/h6,9,11-12,17,19H,4-5,7-8,10,13H2,1-3H3,(H,23,26). The van der Waals surface area contributed by atoms with E-state index in [0.29, 0.717) is 12.0 Å². The smallest absolute Gasteiger partial charge is 0.321 e. The van der Waals surface area contributed by atoms with Crippen LogP contribution in [-0.4, -0.2) is 33.6 Å². The summed E-state index contributed by atoms with van der Waals surface area (Å²) in [6.45, 7) is 7.87. The number of benzene rings is 1. The molecule has 5 heteroatoms. The van der Waals surface area contributed by atoms with E-state index >= 15 is 0 Å². The van der Waals surface area contributed by atoms with Crippen molar-refractivity contribution in [2.45, 2.75) is 58.4 Å². The second kappa shape index (κ2) is 6.78. The van der Waals surface area contributed by atoms with Crippen molar-refractivity contribution in [3.05, 3.63) is 47.0 Å². The minimum atomic E-state index is 0.00342. The van der Waals surface area contributed by atoms with Gasteiger partial charge in [0.1, 0.15) is 5.82 Å². The van der Waals surface area contributed by atoms with Gasteiger partial charge in [-0.05, 0) is 69.7 Å². The van der Waals surface area contributed by atoms with E-state index in [1.165, 1.54) is 35.5 Å². The van der Waals surface area contributed by atoms with Crippen molar-refractivity contribution in [3.8, 4) is 0 Å². The Morgan fingerprint density at radius 3 is 2.69 bits per heavy atom. The van der Waals surface area contributed by atoms with Gasteiger partial charge in [0.2, 0.25) is 0 Å². The third-order valence-corrected chi connectivity index (χ3v) is 5.76. The first-order valence-electron chi connectivity index (χ1n) is 9.70. The molecule has 1 N–H and O–H groups in total. The van der Waals surface area contributed by atoms with Crippen molar-refractivity contribution in [3.63, 3.8) is 0 Å². The minimum Gasteiger partial charge on any atom is -0.327 e. The van der Waals surface area contributed by atoms with Gasteiger partial charge in [-0.3, -0.25) is 0 Å². The molecular weight excluding hydrogens is 324 g/mol. The molecular formula is C21H28N4O. The first-order valence-corrected chi connectivity index (χ1v) is 9.70. The van der Waals surface area contributed by atoms with Gasteiger partial charge in [-0.2, -0.15) is 0 Å². The zero-order valence-corrected chi connectivity index (χ0v) is 16.0. The molecule has 1 unspecified atom stereocenters. The van der Waals surface area contributed by atoms with Crippen molar-refractivity contribution in [1.82, 2.24) is 14.5 Å². The van der Waals surface area contributed by atoms with Crippen molar-refractivity contribution >= 4 is 11.7 Å². The highest BCUT2D eigenvalue weighted by Gasteiger charge is 2.33. The van der Waals surface area contributed by atoms with Gasteiger partial charge < -0.3 is 14.8 Å². The van der Waals surface area contributed by atoms with Crippen LogP contribution >= 0.6 is 0 Å². The van der Waals surface area contributed by atoms with Crippen LogP contribution in [-0.2, 0) is 0 Å². The van der Waals surface area contributed by atoms with Crippen LogP contribution in [0.4, 0.5) is 10.5 Å². The van der Waals surface area contributed by atoms with Crippen molar-refractivity contribution in [2.75, 3.05) is 18.4 Å². The van der Waals surface area contributed by atoms with Gasteiger partial charge in [0.15, 0.2) is 0 Å². The molecule has 0 spiro atoms. The van der Waals surface area contributed by atoms with Crippen LogP contribution in [0.3, 0.4) is 0 Å². The van der Waals surface area contributed by atoms with Gasteiger partial charge in [-0.15, -0.1) is 0 Å². The number of amides is 2. The lowest BCUT2D eigenvalue weighted by atomic mass is 10.0. The van der Waals surface area contributed by atoms with Crippen LogP contribution in [0.5, 0.6) is 0 Å². The molecule has 26 heavy (non-hydrogen) atoms. The molecule has 138 valence electrons. The molecule has 1 atom stereocenters. The second-order valence-corrected chi connectivity index (χ2v) is 7.87. The third-order valence-electron chi connectivity index (χ3n) is 5.76. The zero-order valence-electron chi connectivity index (χ0n) is 16.0. The van der Waals surface area contributed by atoms with Gasteiger partial charge >= 0.3 is 6.03 Å². The fourth-order valence-electron chi connectivity index (χ4n) is 3.95. The number of aryl methyl sites for hydroxylation is 3. The average molecular weight is 352 g/mol. The highest BCUT2D eigenvalue weighted by molar-refractivity contribution is 5.89. The van der Waals surface area contributed by atoms with E-state index in [2.05, 4.69) is 41.7 Å². The summed E-state index contributed by atoms with van der Waals surface area (Å²) in [4.78, 5) is 19.4. The average Bonchev–Trinajstić information content (AvgIpc) is 3.40. The number of nitrogens with zero attached hydrogens (tertiary/aromatic N) is 3. The van der Waals surface area contributed by atoms with Crippen LogP contribution in [0.25, 0.3) is 0 Å². The first kappa shape index (κ1) is 17.1. The van der Waals surface area contributed by atoms with E-state index < -0.39 is 0 Å². The van der Waals surface area contributed by atoms with E-state index in [0.717, 1.165) is 31.6 Å². The van der Waals surface area contributed by atoms with Crippen LogP contribution in [0.1, 0.15) is 60.3 Å². The van der Waals surface area contributed by atoms with Crippen LogP contribution in [0, 0.1) is 20.8 Å². The number of rotatable bonds is 3. The van der Waals surface area contributed by atoms with E-state index in [1.54, 1.807) is 0 Å². The lowest BCUT2D eigenvalue weighted by Gasteiger charge is -2.34. The van der Waals surface area contributed by atoms with Gasteiger partial charge in [0, 0.05) is 36.6 Å². The number of imidazole rings is 1. The number of carbonyl (C=O) groups excluding carboxylic acids is 1. The number of hydrogen-bond acceptors (Lipinski definition) is 2. The Hall–Kier alpha value is -2.30. The molecule has 5 nitrogen and oxygen atoms in total. The van der Waals surface area contributed by atoms with E-state index in [1.807, 2.05) is 23.2 Å². The third kappa shape index (κ3) is 3.35. The fraction of sp³-hybridized carbons (Fsp3) is 0.524. The van der Waals surface area contributed by atoms with Gasteiger partial charge in [-0.1, -0.05) is 6.07 Å². The molecule has 2 heterocycles. The molecule has 1 saturated carbocycles. The summed E-state index contributed by atoms with van der Waals surface area (Å²) in [6.07, 6.45) is 6.64. The Morgan fingerprint density at radius 1 is 1.15 bits per heavy atom. The normalized spacial score (nSPS) is 20.3. The predicted molar refractivity (Wildman–Crippen MR) is 104 cm³/mol. The zero-order chi connectivity index (χ0) is 18.3. The number of aromatic nitrogens is 2. The number of nitrogens with one attached hydrogen (secondary N) is 1. The first-order chi connectivity index (χ1) is 12.5. The van der Waals surface area contributed by atoms with Crippen molar-refractivity contribution < 1.29 is 4.79 Å². The molecule has 1 aliphatic heterocycles. The molecule has 2 aromatic rings. The molecule has 1 aliphatic carbocycles. The molecule has 2 amide bonds. The largest absolute Gasteiger partial charge is 0.327 e. The molecule has 0 bridgehead atoms. The van der Waals surface area contributed by atoms with Gasteiger partial charge in [0.25, 0.3) is 0 Å². The van der Waals surface area contributed by atoms with E-state index in [4.69, 9.17) is 0 Å². The Kier molecular flexibility index (Phi) is 4.47. The number of likely N-dealkylation sites (tertiary alicyclic amines) is 1. The summed E-state index contributed by atoms with van der Waals surface area (Å²) in [5, 5.41) is 3.07. The molecule has 0 radical (unpaired) electrons. The van der Waals surface area contributed by atoms with Gasteiger partial charge in [-0.25, -0.2) is 9.78 Å². The number of anilines is 1. The highest BCUT2D eigenvalue weighted by Crippen LogP contribution is 2.41. The van der Waals surface area contributed by atoms with Crippen molar-refractivity contribution in [1.29, 1.82) is 0 Å². The monoisotopic (exact) mass is 352 g/mol. The number of urea groups is 1. The predicted octanol–water partition coefficient (Wildman–Crippen LogP) is 4.55. The maximum Gasteiger partial charge on any atom is 0.321 e. The Morgan fingerprint density at radius 2 is 1.96 bits per heavy atom. The van der Waals surface area contributed by atoms with Crippen LogP contribution in [0.15, 0.2) is 24.4 Å². The molecule has 4 rings (SSSR count). The Labute approximate surface area is 155 Å². The number of hydrogen-bond donors (Lipinski definition) is 1. The number of carbonyl (C=O) groups is 1.